The average molecular weight is 420 g/mol. The number of nitrogens with one attached hydrogen (secondary N) is 2. The summed E-state index contributed by atoms with van der Waals surface area (Å²) in [5.41, 5.74) is 11.7. The second-order valence-corrected chi connectivity index (χ2v) is 7.33. The number of primary amides is 2. The van der Waals surface area contributed by atoms with E-state index in [-0.39, 0.29) is 11.5 Å². The molecule has 3 rings (SSSR count). The molecule has 29 heavy (non-hydrogen) atoms. The number of ether oxygens (including phenoxy) is 1. The first-order chi connectivity index (χ1) is 14.0. The van der Waals surface area contributed by atoms with Crippen LogP contribution in [-0.2, 0) is 16.1 Å². The van der Waals surface area contributed by atoms with Crippen LogP contribution in [0.2, 0.25) is 0 Å². The normalized spacial score (nSPS) is 15.6. The fourth-order valence-corrected chi connectivity index (χ4v) is 3.49. The summed E-state index contributed by atoms with van der Waals surface area (Å²) in [6, 6.07) is 1.30. The van der Waals surface area contributed by atoms with Gasteiger partial charge in [-0.1, -0.05) is 6.92 Å². The van der Waals surface area contributed by atoms with Crippen LogP contribution in [0, 0.1) is 0 Å². The number of nitrogens with zero attached hydrogens (tertiary/aromatic N) is 4. The van der Waals surface area contributed by atoms with E-state index in [1.54, 1.807) is 0 Å². The molecule has 0 spiro atoms. The van der Waals surface area contributed by atoms with Crippen LogP contribution >= 0.6 is 11.5 Å². The van der Waals surface area contributed by atoms with Crippen molar-refractivity contribution in [2.24, 2.45) is 11.5 Å². The minimum absolute atomic E-state index is 0.00852. The number of rotatable bonds is 9. The molecule has 1 aliphatic rings. The summed E-state index contributed by atoms with van der Waals surface area (Å²) in [5.74, 6) is -0.728. The highest BCUT2D eigenvalue weighted by atomic mass is 32.1. The molecule has 2 amide bonds. The Kier molecular flexibility index (Phi) is 6.90. The van der Waals surface area contributed by atoms with Crippen LogP contribution in [0.25, 0.3) is 0 Å². The van der Waals surface area contributed by atoms with Crippen molar-refractivity contribution >= 4 is 40.0 Å². The van der Waals surface area contributed by atoms with Gasteiger partial charge >= 0.3 is 0 Å². The Labute approximate surface area is 172 Å². The molecule has 3 heterocycles. The Balaban J connectivity index is 1.75. The zero-order chi connectivity index (χ0) is 20.8. The molecule has 6 N–H and O–H groups in total. The van der Waals surface area contributed by atoms with Crippen LogP contribution in [0.3, 0.4) is 0 Å². The van der Waals surface area contributed by atoms with Gasteiger partial charge in [0.1, 0.15) is 16.9 Å². The quantitative estimate of drug-likeness (QED) is 0.446. The molecular formula is C17H24N8O3S. The van der Waals surface area contributed by atoms with Gasteiger partial charge in [0.2, 0.25) is 5.91 Å². The number of hydrogen-bond acceptors (Lipinski definition) is 10. The standard InChI is InChI=1S/C17H24N8O3S/c1-2-11(15(18)26)21-12-8-20-14(16(19)27)17(22-12)23-13-7-10(24-29-13)9-25-3-5-28-6-4-25/h7-8,11H,2-6,9H2,1H3,(H2,18,26)(H2,19,27)(H2,21,22,23). The Hall–Kier alpha value is -2.83. The second kappa shape index (κ2) is 9.58. The van der Waals surface area contributed by atoms with Crippen LogP contribution < -0.4 is 22.1 Å². The highest BCUT2D eigenvalue weighted by Gasteiger charge is 2.18. The number of nitrogens with two attached hydrogens (primary N) is 2. The fourth-order valence-electron chi connectivity index (χ4n) is 2.83. The van der Waals surface area contributed by atoms with E-state index in [4.69, 9.17) is 16.2 Å². The van der Waals surface area contributed by atoms with Gasteiger partial charge in [0.25, 0.3) is 5.91 Å². The second-order valence-electron chi connectivity index (χ2n) is 6.52. The smallest absolute Gasteiger partial charge is 0.271 e. The van der Waals surface area contributed by atoms with Gasteiger partial charge in [0, 0.05) is 19.6 Å². The number of amides is 2. The van der Waals surface area contributed by atoms with Crippen molar-refractivity contribution in [3.8, 4) is 0 Å². The van der Waals surface area contributed by atoms with E-state index in [1.165, 1.54) is 17.7 Å². The number of aromatic nitrogens is 3. The van der Waals surface area contributed by atoms with Crippen molar-refractivity contribution in [3.63, 3.8) is 0 Å². The predicted octanol–water partition coefficient (Wildman–Crippen LogP) is 0.284. The van der Waals surface area contributed by atoms with Crippen molar-refractivity contribution in [1.82, 2.24) is 19.2 Å². The van der Waals surface area contributed by atoms with Crippen molar-refractivity contribution in [2.75, 3.05) is 36.9 Å². The summed E-state index contributed by atoms with van der Waals surface area (Å²) in [7, 11) is 0. The minimum Gasteiger partial charge on any atom is -0.379 e. The molecule has 1 aliphatic heterocycles. The molecular weight excluding hydrogens is 396 g/mol. The Morgan fingerprint density at radius 1 is 1.34 bits per heavy atom. The third-order valence-electron chi connectivity index (χ3n) is 4.37. The number of hydrogen-bond donors (Lipinski definition) is 4. The lowest BCUT2D eigenvalue weighted by Gasteiger charge is -2.25. The molecule has 1 unspecified atom stereocenters. The highest BCUT2D eigenvalue weighted by molar-refractivity contribution is 7.10. The van der Waals surface area contributed by atoms with Gasteiger partial charge in [-0.05, 0) is 24.0 Å². The molecule has 0 aliphatic carbocycles. The summed E-state index contributed by atoms with van der Waals surface area (Å²) in [6.45, 7) is 5.70. The topological polar surface area (TPSA) is 161 Å². The zero-order valence-electron chi connectivity index (χ0n) is 16.1. The van der Waals surface area contributed by atoms with Gasteiger partial charge in [-0.25, -0.2) is 9.97 Å². The van der Waals surface area contributed by atoms with Crippen molar-refractivity contribution in [1.29, 1.82) is 0 Å². The number of anilines is 3. The molecule has 11 nitrogen and oxygen atoms in total. The van der Waals surface area contributed by atoms with Crippen LogP contribution in [0.5, 0.6) is 0 Å². The van der Waals surface area contributed by atoms with Gasteiger partial charge in [-0.15, -0.1) is 0 Å². The minimum atomic E-state index is -0.716. The molecule has 1 fully saturated rings. The Morgan fingerprint density at radius 2 is 2.10 bits per heavy atom. The molecule has 2 aromatic rings. The number of carbonyl (C=O) groups excluding carboxylic acids is 2. The maximum atomic E-state index is 11.7. The summed E-state index contributed by atoms with van der Waals surface area (Å²) in [6.07, 6.45) is 1.82. The molecule has 2 aromatic heterocycles. The zero-order valence-corrected chi connectivity index (χ0v) is 16.9. The maximum Gasteiger partial charge on any atom is 0.271 e. The summed E-state index contributed by atoms with van der Waals surface area (Å²) < 4.78 is 9.80. The highest BCUT2D eigenvalue weighted by Crippen LogP contribution is 2.24. The SMILES string of the molecule is CCC(Nc1cnc(C(N)=O)c(Nc2cc(CN3CCOCC3)ns2)n1)C(N)=O. The number of carbonyl (C=O) groups is 2. The molecule has 0 saturated carbocycles. The Morgan fingerprint density at radius 3 is 2.76 bits per heavy atom. The van der Waals surface area contributed by atoms with E-state index >= 15 is 0 Å². The monoisotopic (exact) mass is 420 g/mol. The van der Waals surface area contributed by atoms with Crippen LogP contribution in [0.15, 0.2) is 12.3 Å². The van der Waals surface area contributed by atoms with E-state index in [2.05, 4.69) is 29.9 Å². The van der Waals surface area contributed by atoms with Crippen molar-refractivity contribution in [2.45, 2.75) is 25.9 Å². The lowest BCUT2D eigenvalue weighted by molar-refractivity contribution is -0.118. The molecule has 0 radical (unpaired) electrons. The van der Waals surface area contributed by atoms with Crippen LogP contribution in [0.4, 0.5) is 16.6 Å². The summed E-state index contributed by atoms with van der Waals surface area (Å²) in [5, 5.41) is 6.66. The van der Waals surface area contributed by atoms with E-state index in [0.717, 1.165) is 32.0 Å². The molecule has 156 valence electrons. The lowest BCUT2D eigenvalue weighted by atomic mass is 10.2. The van der Waals surface area contributed by atoms with Gasteiger partial charge < -0.3 is 26.8 Å². The van der Waals surface area contributed by atoms with Gasteiger partial charge in [-0.3, -0.25) is 14.5 Å². The number of morpholine rings is 1. The van der Waals surface area contributed by atoms with Crippen molar-refractivity contribution < 1.29 is 14.3 Å². The first-order valence-corrected chi connectivity index (χ1v) is 9.99. The molecule has 1 atom stereocenters. The first-order valence-electron chi connectivity index (χ1n) is 9.21. The van der Waals surface area contributed by atoms with E-state index in [9.17, 15) is 9.59 Å². The molecule has 1 saturated heterocycles. The van der Waals surface area contributed by atoms with Gasteiger partial charge in [0.15, 0.2) is 11.5 Å². The van der Waals surface area contributed by atoms with Gasteiger partial charge in [0.05, 0.1) is 25.1 Å². The van der Waals surface area contributed by atoms with Crippen LogP contribution in [0.1, 0.15) is 29.5 Å². The maximum absolute atomic E-state index is 11.7. The predicted molar refractivity (Wildman–Crippen MR) is 109 cm³/mol. The molecule has 0 aromatic carbocycles. The van der Waals surface area contributed by atoms with E-state index in [1.807, 2.05) is 13.0 Å². The lowest BCUT2D eigenvalue weighted by Crippen LogP contribution is -2.35. The molecule has 0 bridgehead atoms. The Bertz CT molecular complexity index is 868. The fraction of sp³-hybridized carbons (Fsp3) is 0.471. The first kappa shape index (κ1) is 20.9. The van der Waals surface area contributed by atoms with Gasteiger partial charge in [-0.2, -0.15) is 4.37 Å². The van der Waals surface area contributed by atoms with Crippen molar-refractivity contribution in [3.05, 3.63) is 23.7 Å². The van der Waals surface area contributed by atoms with E-state index in [0.29, 0.717) is 23.8 Å². The third kappa shape index (κ3) is 5.59. The summed E-state index contributed by atoms with van der Waals surface area (Å²) >= 11 is 1.25. The molecule has 12 heteroatoms. The van der Waals surface area contributed by atoms with E-state index < -0.39 is 17.9 Å². The summed E-state index contributed by atoms with van der Waals surface area (Å²) in [4.78, 5) is 33.9. The average Bonchev–Trinajstić information content (AvgIpc) is 3.13. The van der Waals surface area contributed by atoms with Crippen LogP contribution in [-0.4, -0.2) is 63.4 Å². The third-order valence-corrected chi connectivity index (χ3v) is 5.11. The largest absolute Gasteiger partial charge is 0.379 e.